The van der Waals surface area contributed by atoms with E-state index in [-0.39, 0.29) is 12.0 Å². The van der Waals surface area contributed by atoms with Gasteiger partial charge in [-0.15, -0.1) is 0 Å². The Labute approximate surface area is 108 Å². The molecule has 0 radical (unpaired) electrons. The van der Waals surface area contributed by atoms with Gasteiger partial charge in [-0.3, -0.25) is 9.69 Å². The highest BCUT2D eigenvalue weighted by molar-refractivity contribution is 5.92. The molecule has 1 aromatic rings. The lowest BCUT2D eigenvalue weighted by molar-refractivity contribution is -0.118. The highest BCUT2D eigenvalue weighted by atomic mass is 16.3. The van der Waals surface area contributed by atoms with Gasteiger partial charge in [-0.25, -0.2) is 0 Å². The Balaban J connectivity index is 1.85. The monoisotopic (exact) mass is 248 g/mol. The quantitative estimate of drug-likeness (QED) is 0.850. The van der Waals surface area contributed by atoms with Gasteiger partial charge in [0.25, 0.3) is 0 Å². The van der Waals surface area contributed by atoms with Crippen LogP contribution in [-0.4, -0.2) is 41.7 Å². The third-order valence-electron chi connectivity index (χ3n) is 3.15. The fourth-order valence-corrected chi connectivity index (χ4v) is 2.30. The van der Waals surface area contributed by atoms with Crippen LogP contribution in [-0.2, 0) is 4.79 Å². The summed E-state index contributed by atoms with van der Waals surface area (Å²) in [5.74, 6) is -0.0188. The lowest BCUT2D eigenvalue weighted by Crippen LogP contribution is -2.42. The van der Waals surface area contributed by atoms with E-state index in [0.717, 1.165) is 30.6 Å². The fraction of sp³-hybridized carbons (Fsp3) is 0.500. The molecule has 1 heterocycles. The zero-order valence-corrected chi connectivity index (χ0v) is 10.7. The molecule has 0 unspecified atom stereocenters. The molecule has 18 heavy (non-hydrogen) atoms. The average molecular weight is 248 g/mol. The number of β-amino-alcohol motifs (C(OH)–C–C–N with tert-alkyl or cyclic N) is 1. The number of hydrogen-bond acceptors (Lipinski definition) is 3. The van der Waals surface area contributed by atoms with E-state index in [1.54, 1.807) is 0 Å². The molecule has 1 aromatic carbocycles. The molecule has 98 valence electrons. The van der Waals surface area contributed by atoms with E-state index in [1.807, 2.05) is 36.1 Å². The van der Waals surface area contributed by atoms with Crippen LogP contribution in [0.15, 0.2) is 24.3 Å². The van der Waals surface area contributed by atoms with Crippen LogP contribution in [0.1, 0.15) is 18.4 Å². The lowest BCUT2D eigenvalue weighted by Gasteiger charge is -2.29. The van der Waals surface area contributed by atoms with Gasteiger partial charge in [0.15, 0.2) is 0 Å². The summed E-state index contributed by atoms with van der Waals surface area (Å²) in [7, 11) is 0. The number of piperidine rings is 1. The molecule has 0 aliphatic carbocycles. The van der Waals surface area contributed by atoms with Crippen LogP contribution in [0.3, 0.4) is 0 Å². The SMILES string of the molecule is Cc1cccc(NC(=O)CN2CCC[C@@H](O)C2)c1. The normalized spacial score (nSPS) is 20.7. The molecule has 0 bridgehead atoms. The molecule has 4 heteroatoms. The van der Waals surface area contributed by atoms with Crippen LogP contribution < -0.4 is 5.32 Å². The first-order valence-corrected chi connectivity index (χ1v) is 6.40. The van der Waals surface area contributed by atoms with Gasteiger partial charge in [0, 0.05) is 12.2 Å². The van der Waals surface area contributed by atoms with E-state index in [1.165, 1.54) is 0 Å². The summed E-state index contributed by atoms with van der Waals surface area (Å²) in [4.78, 5) is 13.9. The number of carbonyl (C=O) groups is 1. The minimum absolute atomic E-state index is 0.0188. The van der Waals surface area contributed by atoms with Crippen LogP contribution >= 0.6 is 0 Å². The van der Waals surface area contributed by atoms with Crippen molar-refractivity contribution in [2.24, 2.45) is 0 Å². The first-order valence-electron chi connectivity index (χ1n) is 6.40. The third kappa shape index (κ3) is 3.82. The molecule has 0 aromatic heterocycles. The van der Waals surface area contributed by atoms with Crippen LogP contribution in [0.25, 0.3) is 0 Å². The number of benzene rings is 1. The van der Waals surface area contributed by atoms with E-state index in [2.05, 4.69) is 5.32 Å². The molecule has 1 fully saturated rings. The van der Waals surface area contributed by atoms with Crippen molar-refractivity contribution in [3.8, 4) is 0 Å². The minimum Gasteiger partial charge on any atom is -0.392 e. The smallest absolute Gasteiger partial charge is 0.238 e. The van der Waals surface area contributed by atoms with E-state index >= 15 is 0 Å². The summed E-state index contributed by atoms with van der Waals surface area (Å²) in [5.41, 5.74) is 1.96. The summed E-state index contributed by atoms with van der Waals surface area (Å²) >= 11 is 0. The van der Waals surface area contributed by atoms with Crippen molar-refractivity contribution in [3.63, 3.8) is 0 Å². The number of likely N-dealkylation sites (tertiary alicyclic amines) is 1. The number of nitrogens with one attached hydrogen (secondary N) is 1. The zero-order valence-electron chi connectivity index (χ0n) is 10.7. The standard InChI is InChI=1S/C14H20N2O2/c1-11-4-2-5-12(8-11)15-14(18)10-16-7-3-6-13(17)9-16/h2,4-5,8,13,17H,3,6-7,9-10H2,1H3,(H,15,18)/t13-/m1/s1. The number of aryl methyl sites for hydroxylation is 1. The van der Waals surface area contributed by atoms with Gasteiger partial charge >= 0.3 is 0 Å². The summed E-state index contributed by atoms with van der Waals surface area (Å²) in [6.45, 7) is 3.83. The second-order valence-electron chi connectivity index (χ2n) is 4.95. The minimum atomic E-state index is -0.287. The van der Waals surface area contributed by atoms with Crippen molar-refractivity contribution >= 4 is 11.6 Å². The summed E-state index contributed by atoms with van der Waals surface area (Å²) in [6.07, 6.45) is 1.51. The van der Waals surface area contributed by atoms with Crippen molar-refractivity contribution in [2.45, 2.75) is 25.9 Å². The van der Waals surface area contributed by atoms with Gasteiger partial charge in [0.05, 0.1) is 12.6 Å². The molecule has 1 aliphatic rings. The Hall–Kier alpha value is -1.39. The maximum atomic E-state index is 11.9. The molecule has 2 rings (SSSR count). The molecule has 1 atom stereocenters. The molecular formula is C14H20N2O2. The number of rotatable bonds is 3. The van der Waals surface area contributed by atoms with E-state index < -0.39 is 0 Å². The van der Waals surface area contributed by atoms with Crippen LogP contribution in [0.4, 0.5) is 5.69 Å². The highest BCUT2D eigenvalue weighted by Crippen LogP contribution is 2.11. The van der Waals surface area contributed by atoms with E-state index in [0.29, 0.717) is 13.1 Å². The van der Waals surface area contributed by atoms with Crippen LogP contribution in [0.2, 0.25) is 0 Å². The number of aliphatic hydroxyl groups is 1. The van der Waals surface area contributed by atoms with Crippen LogP contribution in [0.5, 0.6) is 0 Å². The van der Waals surface area contributed by atoms with E-state index in [9.17, 15) is 9.90 Å². The second-order valence-corrected chi connectivity index (χ2v) is 4.95. The number of aliphatic hydroxyl groups excluding tert-OH is 1. The molecule has 0 saturated carbocycles. The van der Waals surface area contributed by atoms with Gasteiger partial charge in [0.1, 0.15) is 0 Å². The Morgan fingerprint density at radius 1 is 1.56 bits per heavy atom. The maximum Gasteiger partial charge on any atom is 0.238 e. The van der Waals surface area contributed by atoms with Gasteiger partial charge in [-0.1, -0.05) is 12.1 Å². The van der Waals surface area contributed by atoms with Crippen molar-refractivity contribution in [3.05, 3.63) is 29.8 Å². The number of anilines is 1. The summed E-state index contributed by atoms with van der Waals surface area (Å²) in [5, 5.41) is 12.4. The van der Waals surface area contributed by atoms with Gasteiger partial charge in [-0.2, -0.15) is 0 Å². The Kier molecular flexibility index (Phi) is 4.33. The second kappa shape index (κ2) is 5.98. The topological polar surface area (TPSA) is 52.6 Å². The first kappa shape index (κ1) is 13.1. The Morgan fingerprint density at radius 2 is 2.39 bits per heavy atom. The number of amides is 1. The average Bonchev–Trinajstić information content (AvgIpc) is 2.28. The Morgan fingerprint density at radius 3 is 3.11 bits per heavy atom. The largest absolute Gasteiger partial charge is 0.392 e. The zero-order chi connectivity index (χ0) is 13.0. The number of carbonyl (C=O) groups excluding carboxylic acids is 1. The predicted octanol–water partition coefficient (Wildman–Crippen LogP) is 1.39. The van der Waals surface area contributed by atoms with Gasteiger partial charge in [0.2, 0.25) is 5.91 Å². The van der Waals surface area contributed by atoms with Gasteiger partial charge < -0.3 is 10.4 Å². The van der Waals surface area contributed by atoms with Crippen molar-refractivity contribution in [1.29, 1.82) is 0 Å². The fourth-order valence-electron chi connectivity index (χ4n) is 2.30. The maximum absolute atomic E-state index is 11.9. The van der Waals surface area contributed by atoms with Crippen LogP contribution in [0, 0.1) is 6.92 Å². The number of hydrogen-bond donors (Lipinski definition) is 2. The molecular weight excluding hydrogens is 228 g/mol. The third-order valence-corrected chi connectivity index (χ3v) is 3.15. The molecule has 1 amide bonds. The molecule has 1 aliphatic heterocycles. The highest BCUT2D eigenvalue weighted by Gasteiger charge is 2.19. The summed E-state index contributed by atoms with van der Waals surface area (Å²) in [6, 6.07) is 7.76. The van der Waals surface area contributed by atoms with Crippen molar-refractivity contribution < 1.29 is 9.90 Å². The van der Waals surface area contributed by atoms with Gasteiger partial charge in [-0.05, 0) is 44.0 Å². The van der Waals surface area contributed by atoms with Crippen molar-refractivity contribution in [1.82, 2.24) is 4.90 Å². The molecule has 0 spiro atoms. The lowest BCUT2D eigenvalue weighted by atomic mass is 10.1. The Bertz CT molecular complexity index is 420. The predicted molar refractivity (Wildman–Crippen MR) is 71.5 cm³/mol. The first-order chi connectivity index (χ1) is 8.63. The molecule has 2 N–H and O–H groups in total. The van der Waals surface area contributed by atoms with E-state index in [4.69, 9.17) is 0 Å². The van der Waals surface area contributed by atoms with Crippen molar-refractivity contribution in [2.75, 3.05) is 25.0 Å². The number of nitrogens with zero attached hydrogens (tertiary/aromatic N) is 1. The molecule has 4 nitrogen and oxygen atoms in total. The summed E-state index contributed by atoms with van der Waals surface area (Å²) < 4.78 is 0. The molecule has 1 saturated heterocycles.